The molecule has 3 aliphatic rings. The van der Waals surface area contributed by atoms with Gasteiger partial charge in [0.05, 0.1) is 42.0 Å². The summed E-state index contributed by atoms with van der Waals surface area (Å²) in [5.41, 5.74) is 7.43. The molecule has 2 aromatic carbocycles. The maximum absolute atomic E-state index is 13.4. The number of carbonyl (C=O) groups is 2. The Hall–Kier alpha value is -4.38. The first-order chi connectivity index (χ1) is 23.4. The fourth-order valence-electron chi connectivity index (χ4n) is 7.59. The Kier molecular flexibility index (Phi) is 8.45. The third-order valence-electron chi connectivity index (χ3n) is 10.3. The number of allylic oxidation sites excluding steroid dienone is 1. The predicted molar refractivity (Wildman–Crippen MR) is 191 cm³/mol. The summed E-state index contributed by atoms with van der Waals surface area (Å²) in [7, 11) is -2.20. The van der Waals surface area contributed by atoms with Crippen LogP contribution < -0.4 is 9.46 Å². The summed E-state index contributed by atoms with van der Waals surface area (Å²) in [5, 5.41) is 15.8. The van der Waals surface area contributed by atoms with E-state index in [4.69, 9.17) is 9.84 Å². The van der Waals surface area contributed by atoms with Gasteiger partial charge in [0.15, 0.2) is 0 Å². The summed E-state index contributed by atoms with van der Waals surface area (Å²) in [6, 6.07) is 11.6. The average molecular weight is 685 g/mol. The number of aromatic carboxylic acids is 1. The Bertz CT molecular complexity index is 2130. The number of carbonyl (C=O) groups excluding carboxylic acids is 1. The molecule has 1 amide bonds. The van der Waals surface area contributed by atoms with Crippen LogP contribution >= 0.6 is 0 Å². The molecular weight excluding hydrogens is 641 g/mol. The van der Waals surface area contributed by atoms with Gasteiger partial charge in [0.2, 0.25) is 10.0 Å². The van der Waals surface area contributed by atoms with Gasteiger partial charge in [-0.15, -0.1) is 0 Å². The Morgan fingerprint density at radius 2 is 1.71 bits per heavy atom. The van der Waals surface area contributed by atoms with E-state index in [1.165, 1.54) is 25.8 Å². The second-order valence-electron chi connectivity index (χ2n) is 14.3. The number of methoxy groups -OCH3 is 1. The van der Waals surface area contributed by atoms with Gasteiger partial charge >= 0.3 is 5.97 Å². The van der Waals surface area contributed by atoms with Crippen molar-refractivity contribution in [2.24, 2.45) is 0 Å². The van der Waals surface area contributed by atoms with Gasteiger partial charge in [0, 0.05) is 22.0 Å². The van der Waals surface area contributed by atoms with Crippen LogP contribution in [-0.2, 0) is 16.6 Å². The smallest absolute Gasteiger partial charge is 0.339 e. The maximum atomic E-state index is 13.4. The first-order valence-corrected chi connectivity index (χ1v) is 18.9. The van der Waals surface area contributed by atoms with E-state index in [-0.39, 0.29) is 23.1 Å². The second kappa shape index (κ2) is 12.5. The Labute approximate surface area is 287 Å². The molecule has 2 aliphatic carbocycles. The van der Waals surface area contributed by atoms with E-state index in [9.17, 15) is 23.1 Å². The zero-order valence-corrected chi connectivity index (χ0v) is 29.6. The van der Waals surface area contributed by atoms with Gasteiger partial charge in [0.25, 0.3) is 5.91 Å². The van der Waals surface area contributed by atoms with Crippen LogP contribution in [0.5, 0.6) is 5.75 Å². The zero-order valence-electron chi connectivity index (χ0n) is 28.7. The summed E-state index contributed by atoms with van der Waals surface area (Å²) >= 11 is 0. The molecule has 7 rings (SSSR count). The highest BCUT2D eigenvalue weighted by Crippen LogP contribution is 2.49. The lowest BCUT2D eigenvalue weighted by molar-refractivity contribution is 0.0694. The molecule has 2 saturated carbocycles. The Morgan fingerprint density at radius 3 is 2.35 bits per heavy atom. The molecular formula is C38H44N4O6S. The topological polar surface area (TPSA) is 133 Å². The van der Waals surface area contributed by atoms with Crippen molar-refractivity contribution >= 4 is 44.5 Å². The number of nitrogens with zero attached hydrogens (tertiary/aromatic N) is 3. The number of sulfonamides is 1. The molecule has 10 nitrogen and oxygen atoms in total. The van der Waals surface area contributed by atoms with Crippen LogP contribution in [0.25, 0.3) is 33.8 Å². The van der Waals surface area contributed by atoms with E-state index in [0.29, 0.717) is 29.6 Å². The number of carboxylic acid groups (broad SMARTS) is 1. The van der Waals surface area contributed by atoms with Crippen molar-refractivity contribution in [3.05, 3.63) is 70.0 Å². The molecule has 2 fully saturated rings. The minimum absolute atomic E-state index is 0.0901. The van der Waals surface area contributed by atoms with E-state index in [1.54, 1.807) is 19.2 Å². The lowest BCUT2D eigenvalue weighted by Crippen LogP contribution is -2.35. The molecule has 2 N–H and O–H groups in total. The minimum Gasteiger partial charge on any atom is -0.497 e. The van der Waals surface area contributed by atoms with Gasteiger partial charge in [-0.25, -0.2) is 17.9 Å². The van der Waals surface area contributed by atoms with Gasteiger partial charge in [0.1, 0.15) is 11.3 Å². The van der Waals surface area contributed by atoms with Crippen LogP contribution in [0.15, 0.2) is 36.4 Å². The highest BCUT2D eigenvalue weighted by atomic mass is 32.2. The largest absolute Gasteiger partial charge is 0.497 e. The van der Waals surface area contributed by atoms with Crippen molar-refractivity contribution in [3.8, 4) is 17.0 Å². The van der Waals surface area contributed by atoms with Crippen molar-refractivity contribution < 1.29 is 27.9 Å². The first kappa shape index (κ1) is 33.1. The number of rotatable bonds is 9. The molecule has 2 aromatic heterocycles. The molecule has 4 aromatic rings. The molecule has 0 saturated heterocycles. The Morgan fingerprint density at radius 1 is 0.980 bits per heavy atom. The number of aromatic nitrogens is 3. The van der Waals surface area contributed by atoms with Gasteiger partial charge < -0.3 is 14.4 Å². The summed E-state index contributed by atoms with van der Waals surface area (Å²) < 4.78 is 37.4. The minimum atomic E-state index is -3.84. The van der Waals surface area contributed by atoms with Crippen LogP contribution in [0, 0.1) is 0 Å². The maximum Gasteiger partial charge on any atom is 0.339 e. The number of hydrogen-bond donors (Lipinski definition) is 2. The molecule has 0 atom stereocenters. The fourth-order valence-corrected chi connectivity index (χ4v) is 8.20. The van der Waals surface area contributed by atoms with Gasteiger partial charge in [-0.05, 0) is 104 Å². The van der Waals surface area contributed by atoms with Crippen molar-refractivity contribution in [2.75, 3.05) is 7.11 Å². The van der Waals surface area contributed by atoms with Crippen LogP contribution in [-0.4, -0.2) is 52.1 Å². The quantitative estimate of drug-likeness (QED) is 0.184. The van der Waals surface area contributed by atoms with E-state index >= 15 is 0 Å². The van der Waals surface area contributed by atoms with Gasteiger partial charge in [-0.3, -0.25) is 9.48 Å². The summed E-state index contributed by atoms with van der Waals surface area (Å²) in [6.45, 7) is 7.34. The standard InChI is InChI=1S/C38H44N4O6S/c1-21(2)34-33(38(44)45)35(42(39-34)27-12-13-27)26-17-25-18-28(48-5)14-16-29(25)36-32(23-9-7-6-8-10-23)30-15-11-24(19-31(30)41(36)20-26)37(43)40-49(46,47)22(3)4/h11,14-19,21-23,27H,6-10,12-13,20H2,1-5H3,(H,40,43)(H,44,45). The monoisotopic (exact) mass is 684 g/mol. The number of nitrogens with one attached hydrogen (secondary N) is 1. The van der Waals surface area contributed by atoms with Crippen LogP contribution in [0.4, 0.5) is 0 Å². The molecule has 0 radical (unpaired) electrons. The van der Waals surface area contributed by atoms with E-state index < -0.39 is 27.1 Å². The van der Waals surface area contributed by atoms with Crippen LogP contribution in [0.2, 0.25) is 0 Å². The van der Waals surface area contributed by atoms with Crippen molar-refractivity contribution in [1.29, 1.82) is 0 Å². The molecule has 0 bridgehead atoms. The summed E-state index contributed by atoms with van der Waals surface area (Å²) in [4.78, 5) is 26.4. The fraction of sp³-hybridized carbons (Fsp3) is 0.447. The third-order valence-corrected chi connectivity index (χ3v) is 12.0. The number of amides is 1. The average Bonchev–Trinajstić information content (AvgIpc) is 3.79. The molecule has 0 spiro atoms. The summed E-state index contributed by atoms with van der Waals surface area (Å²) in [5.74, 6) is -0.786. The number of hydrogen-bond acceptors (Lipinski definition) is 6. The molecule has 3 heterocycles. The highest BCUT2D eigenvalue weighted by Gasteiger charge is 2.37. The zero-order chi connectivity index (χ0) is 34.8. The lowest BCUT2D eigenvalue weighted by atomic mass is 9.81. The Balaban J connectivity index is 1.52. The first-order valence-electron chi connectivity index (χ1n) is 17.4. The third kappa shape index (κ3) is 5.85. The molecule has 258 valence electrons. The number of fused-ring (bicyclic) bond motifs is 5. The SMILES string of the molecule is COc1ccc2c(c1)C=C(c1c(C(=O)O)c(C(C)C)nn1C1CC1)Cn1c-2c(C2CCCCC2)c2ccc(C(=O)NS(=O)(=O)C(C)C)cc21. The molecule has 49 heavy (non-hydrogen) atoms. The van der Waals surface area contributed by atoms with E-state index in [1.807, 2.05) is 36.7 Å². The molecule has 0 unspecified atom stereocenters. The second-order valence-corrected chi connectivity index (χ2v) is 16.5. The van der Waals surface area contributed by atoms with E-state index in [0.717, 1.165) is 71.8 Å². The normalized spacial score (nSPS) is 16.8. The van der Waals surface area contributed by atoms with Crippen molar-refractivity contribution in [2.45, 2.75) is 102 Å². The van der Waals surface area contributed by atoms with Gasteiger partial charge in [-0.1, -0.05) is 39.2 Å². The lowest BCUT2D eigenvalue weighted by Gasteiger charge is -2.24. The van der Waals surface area contributed by atoms with Gasteiger partial charge in [-0.2, -0.15) is 5.10 Å². The van der Waals surface area contributed by atoms with E-state index in [2.05, 4.69) is 21.4 Å². The number of carboxylic acids is 1. The molecule has 11 heteroatoms. The van der Waals surface area contributed by atoms with Crippen LogP contribution in [0.1, 0.15) is 134 Å². The summed E-state index contributed by atoms with van der Waals surface area (Å²) in [6.07, 6.45) is 9.49. The highest BCUT2D eigenvalue weighted by molar-refractivity contribution is 7.90. The van der Waals surface area contributed by atoms with Crippen LogP contribution in [0.3, 0.4) is 0 Å². The molecule has 1 aliphatic heterocycles. The van der Waals surface area contributed by atoms with Crippen molar-refractivity contribution in [1.82, 2.24) is 19.1 Å². The van der Waals surface area contributed by atoms with Crippen molar-refractivity contribution in [3.63, 3.8) is 0 Å². The predicted octanol–water partition coefficient (Wildman–Crippen LogP) is 7.74. The number of ether oxygens (including phenoxy) is 1. The number of benzene rings is 2.